The molecule has 0 radical (unpaired) electrons. The van der Waals surface area contributed by atoms with Gasteiger partial charge >= 0.3 is 11.3 Å². The van der Waals surface area contributed by atoms with Crippen molar-refractivity contribution < 1.29 is 9.53 Å². The van der Waals surface area contributed by atoms with Gasteiger partial charge in [-0.3, -0.25) is 0 Å². The number of benzene rings is 1. The number of aromatic nitrogens is 2. The average molecular weight is 247 g/mol. The molecule has 0 spiro atoms. The zero-order chi connectivity index (χ0) is 12.1. The van der Waals surface area contributed by atoms with E-state index in [0.717, 1.165) is 17.1 Å². The Kier molecular flexibility index (Phi) is 3.46. The van der Waals surface area contributed by atoms with Gasteiger partial charge in [-0.15, -0.1) is 0 Å². The van der Waals surface area contributed by atoms with Crippen molar-refractivity contribution in [2.45, 2.75) is 0 Å². The van der Waals surface area contributed by atoms with E-state index in [-0.39, 0.29) is 5.19 Å². The number of primary amides is 1. The molecule has 2 rings (SSSR count). The third-order valence-corrected chi connectivity index (χ3v) is 2.44. The van der Waals surface area contributed by atoms with Gasteiger partial charge in [-0.05, 0) is 11.6 Å². The maximum absolute atomic E-state index is 10.5. The standard InChI is InChI=1S/C11H9N3O2S/c12-10(15)16-11-13-9(14-17-11)7-6-8-4-2-1-3-5-8/h1-7H,(H2,12,15). The van der Waals surface area contributed by atoms with Crippen molar-refractivity contribution in [2.75, 3.05) is 0 Å². The number of amides is 1. The number of nitrogens with two attached hydrogens (primary N) is 1. The molecule has 5 nitrogen and oxygen atoms in total. The Morgan fingerprint density at radius 1 is 1.29 bits per heavy atom. The maximum atomic E-state index is 10.5. The van der Waals surface area contributed by atoms with Crippen LogP contribution in [0, 0.1) is 0 Å². The van der Waals surface area contributed by atoms with Gasteiger partial charge in [0.25, 0.3) is 0 Å². The summed E-state index contributed by atoms with van der Waals surface area (Å²) in [6.07, 6.45) is 2.72. The molecule has 0 saturated carbocycles. The van der Waals surface area contributed by atoms with E-state index < -0.39 is 6.09 Å². The fourth-order valence-electron chi connectivity index (χ4n) is 1.15. The molecule has 0 fully saturated rings. The molecule has 0 unspecified atom stereocenters. The number of carbonyl (C=O) groups is 1. The smallest absolute Gasteiger partial charge is 0.380 e. The topological polar surface area (TPSA) is 78.1 Å². The molecule has 0 aliphatic rings. The second-order valence-corrected chi connectivity index (χ2v) is 3.80. The van der Waals surface area contributed by atoms with E-state index in [1.807, 2.05) is 36.4 Å². The van der Waals surface area contributed by atoms with Gasteiger partial charge < -0.3 is 10.5 Å². The Morgan fingerprint density at radius 3 is 2.76 bits per heavy atom. The third-order valence-electron chi connectivity index (χ3n) is 1.84. The zero-order valence-corrected chi connectivity index (χ0v) is 9.55. The number of ether oxygens (including phenoxy) is 1. The molecule has 86 valence electrons. The molecule has 0 aliphatic carbocycles. The summed E-state index contributed by atoms with van der Waals surface area (Å²) in [5.41, 5.74) is 5.90. The molecule has 1 amide bonds. The van der Waals surface area contributed by atoms with Gasteiger partial charge in [-0.1, -0.05) is 36.4 Å². The largest absolute Gasteiger partial charge is 0.411 e. The average Bonchev–Trinajstić information content (AvgIpc) is 2.75. The van der Waals surface area contributed by atoms with E-state index in [4.69, 9.17) is 5.73 Å². The number of hydrogen-bond acceptors (Lipinski definition) is 5. The van der Waals surface area contributed by atoms with Crippen molar-refractivity contribution in [1.82, 2.24) is 9.36 Å². The second-order valence-electron chi connectivity index (χ2n) is 3.08. The maximum Gasteiger partial charge on any atom is 0.411 e. The van der Waals surface area contributed by atoms with Crippen LogP contribution >= 0.6 is 11.5 Å². The minimum atomic E-state index is -0.889. The van der Waals surface area contributed by atoms with Crippen molar-refractivity contribution in [2.24, 2.45) is 5.73 Å². The fraction of sp³-hybridized carbons (Fsp3) is 0. The minimum absolute atomic E-state index is 0.144. The van der Waals surface area contributed by atoms with Crippen molar-refractivity contribution >= 4 is 29.8 Å². The van der Waals surface area contributed by atoms with E-state index in [1.54, 1.807) is 6.08 Å². The van der Waals surface area contributed by atoms with Gasteiger partial charge in [0, 0.05) is 11.5 Å². The van der Waals surface area contributed by atoms with Gasteiger partial charge in [0.15, 0.2) is 5.82 Å². The lowest BCUT2D eigenvalue weighted by Crippen LogP contribution is -2.15. The first-order chi connectivity index (χ1) is 8.24. The van der Waals surface area contributed by atoms with Crippen LogP contribution in [-0.4, -0.2) is 15.5 Å². The number of rotatable bonds is 3. The predicted octanol–water partition coefficient (Wildman–Crippen LogP) is 2.17. The van der Waals surface area contributed by atoms with Crippen LogP contribution in [-0.2, 0) is 0 Å². The molecular weight excluding hydrogens is 238 g/mol. The highest BCUT2D eigenvalue weighted by Gasteiger charge is 2.04. The SMILES string of the molecule is NC(=O)Oc1nc(C=Cc2ccccc2)ns1. The first-order valence-electron chi connectivity index (χ1n) is 4.78. The molecule has 2 N–H and O–H groups in total. The Hall–Kier alpha value is -2.21. The Balaban J connectivity index is 2.06. The molecule has 0 atom stereocenters. The zero-order valence-electron chi connectivity index (χ0n) is 8.74. The molecule has 2 aromatic rings. The Labute approximate surface area is 102 Å². The second kappa shape index (κ2) is 5.22. The van der Waals surface area contributed by atoms with E-state index in [9.17, 15) is 4.79 Å². The van der Waals surface area contributed by atoms with Gasteiger partial charge in [0.1, 0.15) is 0 Å². The first-order valence-corrected chi connectivity index (χ1v) is 5.55. The number of nitrogens with zero attached hydrogens (tertiary/aromatic N) is 2. The highest BCUT2D eigenvalue weighted by molar-refractivity contribution is 7.07. The first kappa shape index (κ1) is 11.3. The van der Waals surface area contributed by atoms with Crippen LogP contribution in [0.15, 0.2) is 30.3 Å². The molecule has 0 bridgehead atoms. The quantitative estimate of drug-likeness (QED) is 0.901. The molecule has 6 heteroatoms. The van der Waals surface area contributed by atoms with Gasteiger partial charge in [-0.25, -0.2) is 4.79 Å². The summed E-state index contributed by atoms with van der Waals surface area (Å²) in [7, 11) is 0. The highest BCUT2D eigenvalue weighted by atomic mass is 32.1. The highest BCUT2D eigenvalue weighted by Crippen LogP contribution is 2.15. The lowest BCUT2D eigenvalue weighted by Gasteiger charge is -1.90. The summed E-state index contributed by atoms with van der Waals surface area (Å²) < 4.78 is 8.59. The van der Waals surface area contributed by atoms with Crippen LogP contribution in [0.2, 0.25) is 0 Å². The van der Waals surface area contributed by atoms with Crippen LogP contribution in [0.1, 0.15) is 11.4 Å². The van der Waals surface area contributed by atoms with E-state index >= 15 is 0 Å². The molecule has 1 aromatic heterocycles. The van der Waals surface area contributed by atoms with Crippen molar-refractivity contribution in [3.63, 3.8) is 0 Å². The number of hydrogen-bond donors (Lipinski definition) is 1. The molecule has 17 heavy (non-hydrogen) atoms. The summed E-state index contributed by atoms with van der Waals surface area (Å²) in [6, 6.07) is 9.75. The number of carbonyl (C=O) groups excluding carboxylic acids is 1. The molecule has 1 aromatic carbocycles. The van der Waals surface area contributed by atoms with Crippen LogP contribution in [0.25, 0.3) is 12.2 Å². The van der Waals surface area contributed by atoms with Crippen molar-refractivity contribution in [3.8, 4) is 5.19 Å². The summed E-state index contributed by atoms with van der Waals surface area (Å²) in [5, 5.41) is 0.144. The Bertz CT molecular complexity index is 537. The van der Waals surface area contributed by atoms with E-state index in [0.29, 0.717) is 5.82 Å². The normalized spacial score (nSPS) is 10.6. The van der Waals surface area contributed by atoms with Crippen LogP contribution in [0.5, 0.6) is 5.19 Å². The van der Waals surface area contributed by atoms with E-state index in [1.165, 1.54) is 0 Å². The summed E-state index contributed by atoms with van der Waals surface area (Å²) in [6.45, 7) is 0. The summed E-state index contributed by atoms with van der Waals surface area (Å²) in [5.74, 6) is 0.482. The Morgan fingerprint density at radius 2 is 2.06 bits per heavy atom. The fourth-order valence-corrected chi connectivity index (χ4v) is 1.68. The molecule has 0 aliphatic heterocycles. The van der Waals surface area contributed by atoms with E-state index in [2.05, 4.69) is 14.1 Å². The van der Waals surface area contributed by atoms with Gasteiger partial charge in [0.2, 0.25) is 0 Å². The van der Waals surface area contributed by atoms with Crippen LogP contribution < -0.4 is 10.5 Å². The summed E-state index contributed by atoms with van der Waals surface area (Å²) >= 11 is 0.978. The molecule has 1 heterocycles. The summed E-state index contributed by atoms with van der Waals surface area (Å²) in [4.78, 5) is 14.4. The van der Waals surface area contributed by atoms with Crippen LogP contribution in [0.3, 0.4) is 0 Å². The van der Waals surface area contributed by atoms with Crippen LogP contribution in [0.4, 0.5) is 4.79 Å². The lowest BCUT2D eigenvalue weighted by molar-refractivity contribution is 0.210. The van der Waals surface area contributed by atoms with Gasteiger partial charge in [-0.2, -0.15) is 9.36 Å². The van der Waals surface area contributed by atoms with Crippen molar-refractivity contribution in [3.05, 3.63) is 41.7 Å². The van der Waals surface area contributed by atoms with Gasteiger partial charge in [0.05, 0.1) is 0 Å². The molecule has 0 saturated heterocycles. The minimum Gasteiger partial charge on any atom is -0.380 e. The van der Waals surface area contributed by atoms with Crippen molar-refractivity contribution in [1.29, 1.82) is 0 Å². The monoisotopic (exact) mass is 247 g/mol. The predicted molar refractivity (Wildman–Crippen MR) is 65.5 cm³/mol. The third kappa shape index (κ3) is 3.39. The molecular formula is C11H9N3O2S. The lowest BCUT2D eigenvalue weighted by atomic mass is 10.2.